The summed E-state index contributed by atoms with van der Waals surface area (Å²) in [6.45, 7) is 9.25. The summed E-state index contributed by atoms with van der Waals surface area (Å²) >= 11 is 0. The van der Waals surface area contributed by atoms with Gasteiger partial charge in [0.15, 0.2) is 0 Å². The minimum absolute atomic E-state index is 0.249. The van der Waals surface area contributed by atoms with Crippen molar-refractivity contribution in [3.05, 3.63) is 0 Å². The van der Waals surface area contributed by atoms with Crippen molar-refractivity contribution in [2.24, 2.45) is 5.92 Å². The average molecular weight is 200 g/mol. The quantitative estimate of drug-likeness (QED) is 0.703. The van der Waals surface area contributed by atoms with Crippen molar-refractivity contribution >= 4 is 0 Å². The molecule has 0 spiro atoms. The van der Waals surface area contributed by atoms with Gasteiger partial charge < -0.3 is 10.4 Å². The molecule has 0 aromatic rings. The lowest BCUT2D eigenvalue weighted by Crippen LogP contribution is -2.59. The van der Waals surface area contributed by atoms with Gasteiger partial charge in [0, 0.05) is 13.1 Å². The minimum Gasteiger partial charge on any atom is -0.388 e. The first kappa shape index (κ1) is 12.0. The van der Waals surface area contributed by atoms with Crippen LogP contribution in [0.2, 0.25) is 0 Å². The van der Waals surface area contributed by atoms with Gasteiger partial charge in [0.2, 0.25) is 0 Å². The monoisotopic (exact) mass is 200 g/mol. The third-order valence-electron chi connectivity index (χ3n) is 3.05. The summed E-state index contributed by atoms with van der Waals surface area (Å²) in [5, 5.41) is 13.6. The normalized spacial score (nSPS) is 34.1. The number of nitrogens with one attached hydrogen (secondary N) is 1. The smallest absolute Gasteiger partial charge is 0.0798 e. The van der Waals surface area contributed by atoms with E-state index in [2.05, 4.69) is 31.1 Å². The van der Waals surface area contributed by atoms with E-state index in [1.165, 1.54) is 0 Å². The topological polar surface area (TPSA) is 35.5 Å². The Labute approximate surface area is 87.5 Å². The molecule has 1 aliphatic heterocycles. The van der Waals surface area contributed by atoms with E-state index in [4.69, 9.17) is 0 Å². The SMILES string of the molecule is CC(C)CN(C)C1CNCCC1(C)O. The van der Waals surface area contributed by atoms with E-state index in [1.807, 2.05) is 6.92 Å². The van der Waals surface area contributed by atoms with E-state index < -0.39 is 5.60 Å². The Balaban J connectivity index is 2.55. The highest BCUT2D eigenvalue weighted by Crippen LogP contribution is 2.22. The lowest BCUT2D eigenvalue weighted by molar-refractivity contribution is -0.0474. The molecular formula is C11H24N2O. The van der Waals surface area contributed by atoms with Crippen molar-refractivity contribution in [2.45, 2.75) is 38.8 Å². The largest absolute Gasteiger partial charge is 0.388 e. The summed E-state index contributed by atoms with van der Waals surface area (Å²) < 4.78 is 0. The molecule has 1 saturated heterocycles. The fourth-order valence-electron chi connectivity index (χ4n) is 2.30. The Bertz CT molecular complexity index is 180. The van der Waals surface area contributed by atoms with Crippen LogP contribution in [0, 0.1) is 5.92 Å². The van der Waals surface area contributed by atoms with E-state index >= 15 is 0 Å². The lowest BCUT2D eigenvalue weighted by atomic mass is 9.88. The number of rotatable bonds is 3. The second-order valence-corrected chi connectivity index (χ2v) is 5.16. The van der Waals surface area contributed by atoms with E-state index in [9.17, 15) is 5.11 Å². The van der Waals surface area contributed by atoms with Gasteiger partial charge in [-0.1, -0.05) is 13.8 Å². The summed E-state index contributed by atoms with van der Waals surface area (Å²) in [5.41, 5.74) is -0.533. The second-order valence-electron chi connectivity index (χ2n) is 5.16. The zero-order chi connectivity index (χ0) is 10.8. The van der Waals surface area contributed by atoms with Crippen LogP contribution in [-0.2, 0) is 0 Å². The molecule has 3 heteroatoms. The molecule has 0 radical (unpaired) electrons. The van der Waals surface area contributed by atoms with E-state index in [-0.39, 0.29) is 6.04 Å². The first-order valence-corrected chi connectivity index (χ1v) is 5.57. The summed E-state index contributed by atoms with van der Waals surface area (Å²) in [7, 11) is 2.10. The summed E-state index contributed by atoms with van der Waals surface area (Å²) in [5.74, 6) is 0.651. The van der Waals surface area contributed by atoms with Crippen LogP contribution >= 0.6 is 0 Å². The summed E-state index contributed by atoms with van der Waals surface area (Å²) in [6.07, 6.45) is 0.847. The first-order chi connectivity index (χ1) is 6.43. The van der Waals surface area contributed by atoms with Crippen LogP contribution < -0.4 is 5.32 Å². The van der Waals surface area contributed by atoms with Crippen molar-refractivity contribution < 1.29 is 5.11 Å². The fraction of sp³-hybridized carbons (Fsp3) is 1.00. The molecule has 0 aromatic heterocycles. The standard InChI is InChI=1S/C11H24N2O/c1-9(2)8-13(4)10-7-12-6-5-11(10,3)14/h9-10,12,14H,5-8H2,1-4H3. The Morgan fingerprint density at radius 3 is 2.71 bits per heavy atom. The van der Waals surface area contributed by atoms with Gasteiger partial charge in [-0.15, -0.1) is 0 Å². The van der Waals surface area contributed by atoms with Crippen LogP contribution in [0.3, 0.4) is 0 Å². The van der Waals surface area contributed by atoms with Crippen molar-refractivity contribution in [1.82, 2.24) is 10.2 Å². The van der Waals surface area contributed by atoms with Crippen LogP contribution in [0.25, 0.3) is 0 Å². The van der Waals surface area contributed by atoms with Gasteiger partial charge in [-0.3, -0.25) is 4.90 Å². The van der Waals surface area contributed by atoms with Crippen LogP contribution in [0.15, 0.2) is 0 Å². The van der Waals surface area contributed by atoms with Crippen molar-refractivity contribution in [3.63, 3.8) is 0 Å². The Morgan fingerprint density at radius 2 is 2.21 bits per heavy atom. The van der Waals surface area contributed by atoms with Gasteiger partial charge in [0.1, 0.15) is 0 Å². The van der Waals surface area contributed by atoms with Gasteiger partial charge in [-0.05, 0) is 32.9 Å². The van der Waals surface area contributed by atoms with E-state index in [0.29, 0.717) is 5.92 Å². The molecule has 1 fully saturated rings. The minimum atomic E-state index is -0.533. The summed E-state index contributed by atoms with van der Waals surface area (Å²) in [4.78, 5) is 2.27. The van der Waals surface area contributed by atoms with E-state index in [0.717, 1.165) is 26.1 Å². The van der Waals surface area contributed by atoms with Gasteiger partial charge in [-0.25, -0.2) is 0 Å². The zero-order valence-electron chi connectivity index (χ0n) is 9.88. The summed E-state index contributed by atoms with van der Waals surface area (Å²) in [6, 6.07) is 0.249. The Morgan fingerprint density at radius 1 is 1.57 bits per heavy atom. The molecule has 84 valence electrons. The molecule has 1 rings (SSSR count). The molecule has 0 aliphatic carbocycles. The van der Waals surface area contributed by atoms with Crippen molar-refractivity contribution in [3.8, 4) is 0 Å². The number of aliphatic hydroxyl groups is 1. The third-order valence-corrected chi connectivity index (χ3v) is 3.05. The predicted octanol–water partition coefficient (Wildman–Crippen LogP) is 0.687. The van der Waals surface area contributed by atoms with E-state index in [1.54, 1.807) is 0 Å². The van der Waals surface area contributed by atoms with Gasteiger partial charge >= 0.3 is 0 Å². The number of likely N-dealkylation sites (N-methyl/N-ethyl adjacent to an activating group) is 1. The lowest BCUT2D eigenvalue weighted by Gasteiger charge is -2.43. The Kier molecular flexibility index (Phi) is 3.93. The predicted molar refractivity (Wildman–Crippen MR) is 59.4 cm³/mol. The highest BCUT2D eigenvalue weighted by Gasteiger charge is 2.36. The molecular weight excluding hydrogens is 176 g/mol. The molecule has 3 nitrogen and oxygen atoms in total. The van der Waals surface area contributed by atoms with Gasteiger partial charge in [0.25, 0.3) is 0 Å². The van der Waals surface area contributed by atoms with Crippen molar-refractivity contribution in [1.29, 1.82) is 0 Å². The average Bonchev–Trinajstić information content (AvgIpc) is 2.01. The number of hydrogen-bond donors (Lipinski definition) is 2. The van der Waals surface area contributed by atoms with Gasteiger partial charge in [0.05, 0.1) is 11.6 Å². The van der Waals surface area contributed by atoms with Crippen LogP contribution in [0.1, 0.15) is 27.2 Å². The molecule has 0 aromatic carbocycles. The number of piperidine rings is 1. The van der Waals surface area contributed by atoms with Crippen molar-refractivity contribution in [2.75, 3.05) is 26.7 Å². The van der Waals surface area contributed by atoms with Crippen LogP contribution in [-0.4, -0.2) is 48.3 Å². The molecule has 0 saturated carbocycles. The molecule has 0 amide bonds. The third kappa shape index (κ3) is 2.94. The van der Waals surface area contributed by atoms with Crippen LogP contribution in [0.4, 0.5) is 0 Å². The molecule has 1 aliphatic rings. The molecule has 2 N–H and O–H groups in total. The number of nitrogens with zero attached hydrogens (tertiary/aromatic N) is 1. The molecule has 1 heterocycles. The maximum Gasteiger partial charge on any atom is 0.0798 e. The number of hydrogen-bond acceptors (Lipinski definition) is 3. The Hall–Kier alpha value is -0.120. The van der Waals surface area contributed by atoms with Gasteiger partial charge in [-0.2, -0.15) is 0 Å². The first-order valence-electron chi connectivity index (χ1n) is 5.57. The zero-order valence-corrected chi connectivity index (χ0v) is 9.88. The highest BCUT2D eigenvalue weighted by molar-refractivity contribution is 4.94. The molecule has 14 heavy (non-hydrogen) atoms. The maximum atomic E-state index is 10.2. The molecule has 2 atom stereocenters. The second kappa shape index (κ2) is 4.60. The fourth-order valence-corrected chi connectivity index (χ4v) is 2.30. The highest BCUT2D eigenvalue weighted by atomic mass is 16.3. The van der Waals surface area contributed by atoms with Crippen LogP contribution in [0.5, 0.6) is 0 Å². The molecule has 0 bridgehead atoms. The maximum absolute atomic E-state index is 10.2. The molecule has 2 unspecified atom stereocenters.